The summed E-state index contributed by atoms with van der Waals surface area (Å²) in [4.78, 5) is 14.9. The van der Waals surface area contributed by atoms with Crippen molar-refractivity contribution in [2.24, 2.45) is 0 Å². The van der Waals surface area contributed by atoms with Crippen LogP contribution in [0.3, 0.4) is 0 Å². The third-order valence-corrected chi connectivity index (χ3v) is 2.34. The van der Waals surface area contributed by atoms with Gasteiger partial charge in [-0.05, 0) is 0 Å². The van der Waals surface area contributed by atoms with Crippen LogP contribution in [0.4, 0.5) is 0 Å². The second-order valence-electron chi connectivity index (χ2n) is 2.03. The molecule has 0 spiro atoms. The minimum Gasteiger partial charge on any atom is -0.293 e. The standard InChI is InChI=1S/C7H4BrCl2NO/c8-1-6(12)7-4(9)2-11-3-5(7)10/h2-3H,1H2. The Labute approximate surface area is 88.0 Å². The van der Waals surface area contributed by atoms with Gasteiger partial charge >= 0.3 is 0 Å². The first-order valence-corrected chi connectivity index (χ1v) is 4.92. The molecule has 1 heterocycles. The molecule has 2 nitrogen and oxygen atoms in total. The van der Waals surface area contributed by atoms with E-state index in [0.717, 1.165) is 0 Å². The molecule has 64 valence electrons. The number of aromatic nitrogens is 1. The molecule has 0 aliphatic rings. The lowest BCUT2D eigenvalue weighted by Crippen LogP contribution is -2.02. The van der Waals surface area contributed by atoms with Crippen LogP contribution in [0.25, 0.3) is 0 Å². The molecule has 5 heteroatoms. The van der Waals surface area contributed by atoms with Crippen molar-refractivity contribution < 1.29 is 4.79 Å². The van der Waals surface area contributed by atoms with Crippen LogP contribution < -0.4 is 0 Å². The van der Waals surface area contributed by atoms with Crippen molar-refractivity contribution >= 4 is 44.9 Å². The maximum atomic E-state index is 11.2. The lowest BCUT2D eigenvalue weighted by atomic mass is 10.2. The van der Waals surface area contributed by atoms with Crippen molar-refractivity contribution in [1.82, 2.24) is 4.98 Å². The van der Waals surface area contributed by atoms with E-state index in [9.17, 15) is 4.79 Å². The molecule has 0 saturated carbocycles. The van der Waals surface area contributed by atoms with E-state index in [1.165, 1.54) is 12.4 Å². The van der Waals surface area contributed by atoms with E-state index in [0.29, 0.717) is 5.56 Å². The van der Waals surface area contributed by atoms with Crippen LogP contribution in [0, 0.1) is 0 Å². The van der Waals surface area contributed by atoms with E-state index >= 15 is 0 Å². The number of halogens is 3. The molecule has 0 atom stereocenters. The molecule has 0 saturated heterocycles. The zero-order chi connectivity index (χ0) is 9.14. The Morgan fingerprint density at radius 1 is 1.42 bits per heavy atom. The minimum atomic E-state index is -0.146. The monoisotopic (exact) mass is 267 g/mol. The highest BCUT2D eigenvalue weighted by Gasteiger charge is 2.12. The largest absolute Gasteiger partial charge is 0.293 e. The lowest BCUT2D eigenvalue weighted by molar-refractivity contribution is 0.102. The van der Waals surface area contributed by atoms with Gasteiger partial charge < -0.3 is 0 Å². The van der Waals surface area contributed by atoms with Gasteiger partial charge in [-0.1, -0.05) is 39.1 Å². The average Bonchev–Trinajstić information content (AvgIpc) is 2.03. The number of rotatable bonds is 2. The number of nitrogens with zero attached hydrogens (tertiary/aromatic N) is 1. The van der Waals surface area contributed by atoms with Crippen LogP contribution in [0.2, 0.25) is 10.0 Å². The Morgan fingerprint density at radius 3 is 2.33 bits per heavy atom. The Hall–Kier alpha value is -0.120. The van der Waals surface area contributed by atoms with Gasteiger partial charge in [0.15, 0.2) is 5.78 Å². The van der Waals surface area contributed by atoms with Crippen molar-refractivity contribution in [3.05, 3.63) is 28.0 Å². The predicted octanol–water partition coefficient (Wildman–Crippen LogP) is 2.97. The molecule has 1 rings (SSSR count). The summed E-state index contributed by atoms with van der Waals surface area (Å²) >= 11 is 14.5. The number of hydrogen-bond acceptors (Lipinski definition) is 2. The number of alkyl halides is 1. The van der Waals surface area contributed by atoms with E-state index in [1.807, 2.05) is 0 Å². The molecular weight excluding hydrogens is 265 g/mol. The quantitative estimate of drug-likeness (QED) is 0.610. The van der Waals surface area contributed by atoms with E-state index in [4.69, 9.17) is 23.2 Å². The summed E-state index contributed by atoms with van der Waals surface area (Å²) < 4.78 is 0. The molecule has 1 aromatic rings. The maximum Gasteiger partial charge on any atom is 0.176 e. The van der Waals surface area contributed by atoms with Gasteiger partial charge in [-0.15, -0.1) is 0 Å². The summed E-state index contributed by atoms with van der Waals surface area (Å²) in [6.07, 6.45) is 2.78. The number of Topliss-reactive ketones (excluding diaryl/α,β-unsaturated/α-hetero) is 1. The summed E-state index contributed by atoms with van der Waals surface area (Å²) in [6, 6.07) is 0. The summed E-state index contributed by atoms with van der Waals surface area (Å²) in [5.74, 6) is -0.146. The summed E-state index contributed by atoms with van der Waals surface area (Å²) in [5.41, 5.74) is 0.324. The molecule has 0 N–H and O–H groups in total. The Kier molecular flexibility index (Phi) is 3.50. The number of carbonyl (C=O) groups is 1. The van der Waals surface area contributed by atoms with Crippen LogP contribution in [-0.4, -0.2) is 16.1 Å². The van der Waals surface area contributed by atoms with Gasteiger partial charge in [-0.2, -0.15) is 0 Å². The predicted molar refractivity (Wildman–Crippen MR) is 52.4 cm³/mol. The van der Waals surface area contributed by atoms with Gasteiger partial charge in [0.1, 0.15) is 0 Å². The van der Waals surface area contributed by atoms with E-state index in [-0.39, 0.29) is 21.2 Å². The number of pyridine rings is 1. The summed E-state index contributed by atoms with van der Waals surface area (Å²) in [5, 5.41) is 0.773. The zero-order valence-electron chi connectivity index (χ0n) is 5.85. The second kappa shape index (κ2) is 4.21. The molecule has 0 unspecified atom stereocenters. The van der Waals surface area contributed by atoms with E-state index in [2.05, 4.69) is 20.9 Å². The van der Waals surface area contributed by atoms with Crippen molar-refractivity contribution in [2.75, 3.05) is 5.33 Å². The molecule has 1 aromatic heterocycles. The fourth-order valence-electron chi connectivity index (χ4n) is 0.745. The second-order valence-corrected chi connectivity index (χ2v) is 3.41. The van der Waals surface area contributed by atoms with Crippen molar-refractivity contribution in [3.8, 4) is 0 Å². The Balaban J connectivity index is 3.21. The molecule has 0 radical (unpaired) electrons. The van der Waals surface area contributed by atoms with Gasteiger partial charge in [-0.3, -0.25) is 9.78 Å². The molecule has 0 aromatic carbocycles. The van der Waals surface area contributed by atoms with Crippen LogP contribution in [0.5, 0.6) is 0 Å². The van der Waals surface area contributed by atoms with E-state index < -0.39 is 0 Å². The van der Waals surface area contributed by atoms with Gasteiger partial charge in [-0.25, -0.2) is 0 Å². The molecule has 0 aliphatic heterocycles. The molecule has 0 amide bonds. The maximum absolute atomic E-state index is 11.2. The first-order chi connectivity index (χ1) is 5.66. The molecule has 0 bridgehead atoms. The Morgan fingerprint density at radius 2 is 1.92 bits per heavy atom. The third-order valence-electron chi connectivity index (χ3n) is 1.25. The van der Waals surface area contributed by atoms with Gasteiger partial charge in [0, 0.05) is 12.4 Å². The highest BCUT2D eigenvalue weighted by molar-refractivity contribution is 9.09. The lowest BCUT2D eigenvalue weighted by Gasteiger charge is -2.01. The molecule has 0 aliphatic carbocycles. The van der Waals surface area contributed by atoms with Gasteiger partial charge in [0.05, 0.1) is 20.9 Å². The first-order valence-electron chi connectivity index (χ1n) is 3.05. The van der Waals surface area contributed by atoms with Crippen LogP contribution in [0.1, 0.15) is 10.4 Å². The zero-order valence-corrected chi connectivity index (χ0v) is 8.95. The highest BCUT2D eigenvalue weighted by Crippen LogP contribution is 2.23. The fourth-order valence-corrected chi connectivity index (χ4v) is 1.60. The van der Waals surface area contributed by atoms with Gasteiger partial charge in [0.2, 0.25) is 0 Å². The number of hydrogen-bond donors (Lipinski definition) is 0. The van der Waals surface area contributed by atoms with Gasteiger partial charge in [0.25, 0.3) is 0 Å². The number of carbonyl (C=O) groups excluding carboxylic acids is 1. The summed E-state index contributed by atoms with van der Waals surface area (Å²) in [6.45, 7) is 0. The molecule has 0 fully saturated rings. The Bertz CT molecular complexity index is 296. The highest BCUT2D eigenvalue weighted by atomic mass is 79.9. The summed E-state index contributed by atoms with van der Waals surface area (Å²) in [7, 11) is 0. The van der Waals surface area contributed by atoms with Crippen LogP contribution in [-0.2, 0) is 0 Å². The normalized spacial score (nSPS) is 9.92. The van der Waals surface area contributed by atoms with Crippen molar-refractivity contribution in [3.63, 3.8) is 0 Å². The van der Waals surface area contributed by atoms with Crippen molar-refractivity contribution in [2.45, 2.75) is 0 Å². The SMILES string of the molecule is O=C(CBr)c1c(Cl)cncc1Cl. The van der Waals surface area contributed by atoms with Crippen molar-refractivity contribution in [1.29, 1.82) is 0 Å². The van der Waals surface area contributed by atoms with Crippen LogP contribution in [0.15, 0.2) is 12.4 Å². The third kappa shape index (κ3) is 1.97. The smallest absolute Gasteiger partial charge is 0.176 e. The number of ketones is 1. The van der Waals surface area contributed by atoms with Crippen LogP contribution >= 0.6 is 39.1 Å². The fraction of sp³-hybridized carbons (Fsp3) is 0.143. The average molecular weight is 269 g/mol. The molecular formula is C7H4BrCl2NO. The molecule has 12 heavy (non-hydrogen) atoms. The topological polar surface area (TPSA) is 30.0 Å². The minimum absolute atomic E-state index is 0.146. The van der Waals surface area contributed by atoms with E-state index in [1.54, 1.807) is 0 Å². The first kappa shape index (κ1) is 9.96.